The van der Waals surface area contributed by atoms with E-state index in [-0.39, 0.29) is 6.61 Å². The molecule has 2 aromatic carbocycles. The molecular weight excluding hydrogens is 447 g/mol. The van der Waals surface area contributed by atoms with Crippen LogP contribution in [-0.2, 0) is 13.2 Å². The minimum atomic E-state index is 0.269. The topological polar surface area (TPSA) is 52.6 Å². The van der Waals surface area contributed by atoms with Crippen LogP contribution < -0.4 is 19.5 Å². The fourth-order valence-corrected chi connectivity index (χ4v) is 3.35. The molecule has 1 heterocycles. The van der Waals surface area contributed by atoms with Gasteiger partial charge in [0.25, 0.3) is 0 Å². The summed E-state index contributed by atoms with van der Waals surface area (Å²) < 4.78 is 16.9. The van der Waals surface area contributed by atoms with Gasteiger partial charge in [-0.25, -0.2) is 4.98 Å². The van der Waals surface area contributed by atoms with Crippen molar-refractivity contribution in [3.8, 4) is 17.4 Å². The zero-order valence-electron chi connectivity index (χ0n) is 16.3. The predicted octanol–water partition coefficient (Wildman–Crippen LogP) is 5.80. The lowest BCUT2D eigenvalue weighted by Gasteiger charge is -2.15. The van der Waals surface area contributed by atoms with Crippen molar-refractivity contribution in [3.63, 3.8) is 0 Å². The van der Waals surface area contributed by atoms with E-state index >= 15 is 0 Å². The van der Waals surface area contributed by atoms with Gasteiger partial charge in [0.05, 0.1) is 7.11 Å². The molecule has 0 radical (unpaired) electrons. The zero-order valence-corrected chi connectivity index (χ0v) is 18.6. The third-order valence-corrected chi connectivity index (χ3v) is 5.15. The maximum absolute atomic E-state index is 6.44. The van der Waals surface area contributed by atoms with Crippen molar-refractivity contribution >= 4 is 34.8 Å². The Morgan fingerprint density at radius 1 is 0.900 bits per heavy atom. The molecule has 0 aliphatic heterocycles. The minimum Gasteiger partial charge on any atom is -0.493 e. The number of hydrogen-bond donors (Lipinski definition) is 1. The number of halogens is 3. The lowest BCUT2D eigenvalue weighted by Crippen LogP contribution is -2.21. The Labute approximate surface area is 190 Å². The van der Waals surface area contributed by atoms with Crippen LogP contribution in [0.3, 0.4) is 0 Å². The Kier molecular flexibility index (Phi) is 8.46. The van der Waals surface area contributed by atoms with Crippen molar-refractivity contribution in [2.75, 3.05) is 20.3 Å². The fraction of sp³-hybridized carbons (Fsp3) is 0.227. The van der Waals surface area contributed by atoms with Gasteiger partial charge >= 0.3 is 0 Å². The maximum atomic E-state index is 6.44. The van der Waals surface area contributed by atoms with Gasteiger partial charge in [-0.1, -0.05) is 46.9 Å². The van der Waals surface area contributed by atoms with Crippen LogP contribution in [0.15, 0.2) is 54.7 Å². The molecule has 0 saturated carbocycles. The Balaban J connectivity index is 1.55. The van der Waals surface area contributed by atoms with Gasteiger partial charge in [-0.3, -0.25) is 0 Å². The lowest BCUT2D eigenvalue weighted by atomic mass is 10.2. The van der Waals surface area contributed by atoms with Crippen LogP contribution in [0, 0.1) is 0 Å². The molecule has 0 atom stereocenters. The number of methoxy groups -OCH3 is 1. The third kappa shape index (κ3) is 6.41. The van der Waals surface area contributed by atoms with Crippen molar-refractivity contribution in [1.29, 1.82) is 0 Å². The Morgan fingerprint density at radius 3 is 2.47 bits per heavy atom. The molecule has 0 fully saturated rings. The van der Waals surface area contributed by atoms with Crippen molar-refractivity contribution in [2.45, 2.75) is 13.2 Å². The highest BCUT2D eigenvalue weighted by Crippen LogP contribution is 2.34. The number of nitrogens with one attached hydrogen (secondary N) is 1. The van der Waals surface area contributed by atoms with Gasteiger partial charge in [0.2, 0.25) is 5.88 Å². The average molecular weight is 468 g/mol. The molecule has 3 rings (SSSR count). The Bertz CT molecular complexity index is 971. The van der Waals surface area contributed by atoms with E-state index in [1.54, 1.807) is 31.5 Å². The molecule has 30 heavy (non-hydrogen) atoms. The molecule has 0 aliphatic rings. The van der Waals surface area contributed by atoms with Crippen molar-refractivity contribution < 1.29 is 14.2 Å². The smallest absolute Gasteiger partial charge is 0.213 e. The van der Waals surface area contributed by atoms with E-state index in [0.717, 1.165) is 11.1 Å². The summed E-state index contributed by atoms with van der Waals surface area (Å²) in [7, 11) is 1.59. The lowest BCUT2D eigenvalue weighted by molar-refractivity contribution is 0.284. The quantitative estimate of drug-likeness (QED) is 0.382. The van der Waals surface area contributed by atoms with Crippen molar-refractivity contribution in [1.82, 2.24) is 10.3 Å². The van der Waals surface area contributed by atoms with Gasteiger partial charge in [-0.05, 0) is 29.8 Å². The summed E-state index contributed by atoms with van der Waals surface area (Å²) >= 11 is 18.6. The number of pyridine rings is 1. The van der Waals surface area contributed by atoms with E-state index in [1.165, 1.54) is 0 Å². The van der Waals surface area contributed by atoms with E-state index in [1.807, 2.05) is 30.3 Å². The van der Waals surface area contributed by atoms with E-state index in [4.69, 9.17) is 49.0 Å². The minimum absolute atomic E-state index is 0.269. The number of ether oxygens (including phenoxy) is 3. The second kappa shape index (κ2) is 11.3. The van der Waals surface area contributed by atoms with Gasteiger partial charge in [0.15, 0.2) is 11.5 Å². The van der Waals surface area contributed by atoms with Crippen molar-refractivity contribution in [2.24, 2.45) is 0 Å². The highest BCUT2D eigenvalue weighted by molar-refractivity contribution is 6.35. The summed E-state index contributed by atoms with van der Waals surface area (Å²) in [6, 6.07) is 14.4. The fourth-order valence-electron chi connectivity index (χ4n) is 2.66. The number of nitrogens with zero attached hydrogens (tertiary/aromatic N) is 1. The van der Waals surface area contributed by atoms with Crippen LogP contribution in [0.1, 0.15) is 11.1 Å². The molecule has 0 unspecified atom stereocenters. The monoisotopic (exact) mass is 466 g/mol. The maximum Gasteiger partial charge on any atom is 0.213 e. The zero-order chi connectivity index (χ0) is 21.3. The highest BCUT2D eigenvalue weighted by Gasteiger charge is 2.12. The first-order valence-electron chi connectivity index (χ1n) is 9.24. The van der Waals surface area contributed by atoms with Gasteiger partial charge in [-0.15, -0.1) is 0 Å². The molecular formula is C22H21Cl3N2O3. The molecule has 8 heteroatoms. The molecule has 1 aromatic heterocycles. The van der Waals surface area contributed by atoms with Crippen LogP contribution in [0.2, 0.25) is 15.1 Å². The average Bonchev–Trinajstić information content (AvgIpc) is 2.74. The van der Waals surface area contributed by atoms with E-state index in [9.17, 15) is 0 Å². The molecule has 0 bridgehead atoms. The molecule has 0 spiro atoms. The van der Waals surface area contributed by atoms with E-state index in [0.29, 0.717) is 52.1 Å². The largest absolute Gasteiger partial charge is 0.493 e. The molecule has 0 saturated heterocycles. The Hall–Kier alpha value is -2.18. The summed E-state index contributed by atoms with van der Waals surface area (Å²) in [6.45, 7) is 1.96. The molecule has 3 aromatic rings. The van der Waals surface area contributed by atoms with E-state index < -0.39 is 0 Å². The molecule has 158 valence electrons. The summed E-state index contributed by atoms with van der Waals surface area (Å²) in [4.78, 5) is 4.11. The number of benzene rings is 2. The first-order valence-corrected chi connectivity index (χ1v) is 10.4. The van der Waals surface area contributed by atoms with E-state index in [2.05, 4.69) is 10.3 Å². The summed E-state index contributed by atoms with van der Waals surface area (Å²) in [6.07, 6.45) is 1.69. The van der Waals surface area contributed by atoms with Crippen LogP contribution in [0.25, 0.3) is 0 Å². The van der Waals surface area contributed by atoms with Gasteiger partial charge < -0.3 is 19.5 Å². The summed E-state index contributed by atoms with van der Waals surface area (Å²) in [5.74, 6) is 1.73. The van der Waals surface area contributed by atoms with Crippen LogP contribution in [-0.4, -0.2) is 25.2 Å². The first-order chi connectivity index (χ1) is 14.6. The molecule has 0 amide bonds. The normalized spacial score (nSPS) is 10.7. The molecule has 5 nitrogen and oxygen atoms in total. The second-order valence-corrected chi connectivity index (χ2v) is 7.56. The van der Waals surface area contributed by atoms with Crippen LogP contribution in [0.5, 0.6) is 17.4 Å². The summed E-state index contributed by atoms with van der Waals surface area (Å²) in [5.41, 5.74) is 1.71. The molecule has 0 aliphatic carbocycles. The SMILES string of the molecule is COc1cc(CNCCOc2ccccn2)c(Cl)cc1OCc1ccc(Cl)cc1Cl. The summed E-state index contributed by atoms with van der Waals surface area (Å²) in [5, 5.41) is 4.98. The second-order valence-electron chi connectivity index (χ2n) is 6.31. The van der Waals surface area contributed by atoms with Gasteiger partial charge in [0.1, 0.15) is 13.2 Å². The molecule has 1 N–H and O–H groups in total. The van der Waals surface area contributed by atoms with Gasteiger partial charge in [0, 0.05) is 52.1 Å². The third-order valence-electron chi connectivity index (χ3n) is 4.21. The van der Waals surface area contributed by atoms with Crippen LogP contribution in [0.4, 0.5) is 0 Å². The number of aromatic nitrogens is 1. The predicted molar refractivity (Wildman–Crippen MR) is 120 cm³/mol. The number of hydrogen-bond acceptors (Lipinski definition) is 5. The first kappa shape index (κ1) is 22.5. The number of rotatable bonds is 10. The van der Waals surface area contributed by atoms with Crippen LogP contribution >= 0.6 is 34.8 Å². The Morgan fingerprint density at radius 2 is 1.73 bits per heavy atom. The standard InChI is InChI=1S/C22H21Cl3N2O3/c1-28-20-10-16(13-26-8-9-29-22-4-2-3-7-27-22)19(25)12-21(20)30-14-15-5-6-17(23)11-18(15)24/h2-7,10-12,26H,8-9,13-14H2,1H3. The van der Waals surface area contributed by atoms with Crippen molar-refractivity contribution in [3.05, 3.63) is 80.9 Å². The van der Waals surface area contributed by atoms with Gasteiger partial charge in [-0.2, -0.15) is 0 Å². The highest BCUT2D eigenvalue weighted by atomic mass is 35.5.